The number of nitrogens with zero attached hydrogens (tertiary/aromatic N) is 2. The highest BCUT2D eigenvalue weighted by Crippen LogP contribution is 2.17. The summed E-state index contributed by atoms with van der Waals surface area (Å²) in [5.41, 5.74) is 11.2. The molecule has 0 atom stereocenters. The molecule has 0 aliphatic carbocycles. The summed E-state index contributed by atoms with van der Waals surface area (Å²) in [6.07, 6.45) is 1.61. The first-order valence-corrected chi connectivity index (χ1v) is 5.54. The van der Waals surface area contributed by atoms with Crippen LogP contribution in [0.5, 0.6) is 0 Å². The molecule has 4 nitrogen and oxygen atoms in total. The Kier molecular flexibility index (Phi) is 4.33. The van der Waals surface area contributed by atoms with Gasteiger partial charge in [0.2, 0.25) is 5.96 Å². The topological polar surface area (TPSA) is 76.8 Å². The Morgan fingerprint density at radius 1 is 1.43 bits per heavy atom. The minimum Gasteiger partial charge on any atom is -0.369 e. The van der Waals surface area contributed by atoms with Gasteiger partial charge >= 0.3 is 0 Å². The first kappa shape index (κ1) is 11.4. The minimum atomic E-state index is -0.0478. The van der Waals surface area contributed by atoms with Gasteiger partial charge in [0.05, 0.1) is 6.21 Å². The van der Waals surface area contributed by atoms with Gasteiger partial charge in [0.1, 0.15) is 0 Å². The Hall–Kier alpha value is -0.630. The number of halogens is 2. The zero-order valence-corrected chi connectivity index (χ0v) is 10.9. The van der Waals surface area contributed by atoms with Crippen LogP contribution in [0, 0.1) is 3.57 Å². The molecule has 74 valence electrons. The van der Waals surface area contributed by atoms with Crippen molar-refractivity contribution in [2.75, 3.05) is 0 Å². The Morgan fingerprint density at radius 2 is 2.14 bits per heavy atom. The summed E-state index contributed by atoms with van der Waals surface area (Å²) in [6, 6.07) is 5.84. The molecular weight excluding hydrogens is 359 g/mol. The van der Waals surface area contributed by atoms with Crippen molar-refractivity contribution >= 4 is 50.7 Å². The maximum absolute atomic E-state index is 5.12. The average Bonchev–Trinajstić information content (AvgIpc) is 2.08. The number of hydrogen-bond donors (Lipinski definition) is 2. The molecule has 0 aliphatic heterocycles. The molecule has 0 bridgehead atoms. The van der Waals surface area contributed by atoms with Crippen LogP contribution in [0.25, 0.3) is 0 Å². The lowest BCUT2D eigenvalue weighted by atomic mass is 10.2. The van der Waals surface area contributed by atoms with Gasteiger partial charge < -0.3 is 11.5 Å². The maximum Gasteiger partial charge on any atom is 0.211 e. The van der Waals surface area contributed by atoms with Gasteiger partial charge in [-0.1, -0.05) is 22.0 Å². The molecule has 0 unspecified atom stereocenters. The summed E-state index contributed by atoms with van der Waals surface area (Å²) in [5.74, 6) is -0.0478. The second-order valence-corrected chi connectivity index (χ2v) is 4.51. The van der Waals surface area contributed by atoms with Crippen LogP contribution in [0.1, 0.15) is 5.56 Å². The lowest BCUT2D eigenvalue weighted by Crippen LogP contribution is -2.21. The highest BCUT2D eigenvalue weighted by atomic mass is 127. The van der Waals surface area contributed by atoms with E-state index < -0.39 is 0 Å². The standard InChI is InChI=1S/C8H8BrIN4/c9-6-2-1-5(7(10)3-6)4-13-14-8(11)12/h1-4H,(H4,11,12,14). The lowest BCUT2D eigenvalue weighted by Gasteiger charge is -1.97. The molecule has 0 saturated heterocycles. The Morgan fingerprint density at radius 3 is 2.71 bits per heavy atom. The van der Waals surface area contributed by atoms with E-state index in [4.69, 9.17) is 11.5 Å². The van der Waals surface area contributed by atoms with Crippen LogP contribution < -0.4 is 11.5 Å². The summed E-state index contributed by atoms with van der Waals surface area (Å²) in [6.45, 7) is 0. The molecule has 0 aliphatic rings. The van der Waals surface area contributed by atoms with Gasteiger partial charge in [-0.25, -0.2) is 0 Å². The lowest BCUT2D eigenvalue weighted by molar-refractivity contribution is 1.21. The molecule has 0 aromatic heterocycles. The largest absolute Gasteiger partial charge is 0.369 e. The quantitative estimate of drug-likeness (QED) is 0.361. The summed E-state index contributed by atoms with van der Waals surface area (Å²) in [4.78, 5) is 0. The number of benzene rings is 1. The van der Waals surface area contributed by atoms with Crippen molar-refractivity contribution in [3.8, 4) is 0 Å². The number of rotatable bonds is 2. The van der Waals surface area contributed by atoms with Crippen LogP contribution in [0.4, 0.5) is 0 Å². The second-order valence-electron chi connectivity index (χ2n) is 2.44. The van der Waals surface area contributed by atoms with E-state index in [0.717, 1.165) is 13.6 Å². The van der Waals surface area contributed by atoms with E-state index >= 15 is 0 Å². The van der Waals surface area contributed by atoms with E-state index in [1.165, 1.54) is 0 Å². The SMILES string of the molecule is NC(N)=NN=Cc1ccc(Br)cc1I. The van der Waals surface area contributed by atoms with Crippen molar-refractivity contribution in [3.05, 3.63) is 31.8 Å². The number of nitrogens with two attached hydrogens (primary N) is 2. The second kappa shape index (κ2) is 5.30. The van der Waals surface area contributed by atoms with Crippen LogP contribution in [-0.2, 0) is 0 Å². The summed E-state index contributed by atoms with van der Waals surface area (Å²) in [7, 11) is 0. The fourth-order valence-corrected chi connectivity index (χ4v) is 2.21. The normalized spacial score (nSPS) is 10.4. The van der Waals surface area contributed by atoms with E-state index in [0.29, 0.717) is 0 Å². The van der Waals surface area contributed by atoms with Gasteiger partial charge in [-0.2, -0.15) is 5.10 Å². The summed E-state index contributed by atoms with van der Waals surface area (Å²) < 4.78 is 2.10. The molecule has 0 fully saturated rings. The fourth-order valence-electron chi connectivity index (χ4n) is 0.764. The van der Waals surface area contributed by atoms with Gasteiger partial charge in [-0.15, -0.1) is 5.10 Å². The van der Waals surface area contributed by atoms with Crippen LogP contribution in [0.3, 0.4) is 0 Å². The van der Waals surface area contributed by atoms with E-state index in [2.05, 4.69) is 48.7 Å². The molecule has 6 heteroatoms. The molecule has 1 rings (SSSR count). The fraction of sp³-hybridized carbons (Fsp3) is 0. The predicted molar refractivity (Wildman–Crippen MR) is 70.3 cm³/mol. The molecule has 1 aromatic rings. The average molecular weight is 367 g/mol. The Balaban J connectivity index is 2.87. The third kappa shape index (κ3) is 3.62. The summed E-state index contributed by atoms with van der Waals surface area (Å²) >= 11 is 5.58. The van der Waals surface area contributed by atoms with Gasteiger partial charge in [0.25, 0.3) is 0 Å². The number of guanidine groups is 1. The highest BCUT2D eigenvalue weighted by Gasteiger charge is 1.96. The molecule has 0 spiro atoms. The number of hydrogen-bond acceptors (Lipinski definition) is 2. The van der Waals surface area contributed by atoms with Gasteiger partial charge in [-0.05, 0) is 34.7 Å². The first-order chi connectivity index (χ1) is 6.59. The Bertz CT molecular complexity index is 385. The van der Waals surface area contributed by atoms with Crippen LogP contribution >= 0.6 is 38.5 Å². The van der Waals surface area contributed by atoms with Crippen molar-refractivity contribution in [2.24, 2.45) is 21.7 Å². The minimum absolute atomic E-state index is 0.0478. The van der Waals surface area contributed by atoms with E-state index in [9.17, 15) is 0 Å². The zero-order chi connectivity index (χ0) is 10.6. The maximum atomic E-state index is 5.12. The molecule has 1 aromatic carbocycles. The molecule has 0 saturated carbocycles. The Labute approximate surface area is 104 Å². The molecule has 0 amide bonds. The molecule has 14 heavy (non-hydrogen) atoms. The molecule has 0 heterocycles. The van der Waals surface area contributed by atoms with Crippen LogP contribution in [0.2, 0.25) is 0 Å². The van der Waals surface area contributed by atoms with Crippen molar-refractivity contribution < 1.29 is 0 Å². The van der Waals surface area contributed by atoms with Gasteiger partial charge in [0.15, 0.2) is 0 Å². The van der Waals surface area contributed by atoms with E-state index in [1.807, 2.05) is 18.2 Å². The smallest absolute Gasteiger partial charge is 0.211 e. The van der Waals surface area contributed by atoms with Crippen molar-refractivity contribution in [1.82, 2.24) is 0 Å². The van der Waals surface area contributed by atoms with E-state index in [-0.39, 0.29) is 5.96 Å². The third-order valence-electron chi connectivity index (χ3n) is 1.33. The molecular formula is C8H8BrIN4. The molecule has 0 radical (unpaired) electrons. The monoisotopic (exact) mass is 366 g/mol. The van der Waals surface area contributed by atoms with Crippen molar-refractivity contribution in [2.45, 2.75) is 0 Å². The van der Waals surface area contributed by atoms with Crippen LogP contribution in [0.15, 0.2) is 32.9 Å². The van der Waals surface area contributed by atoms with E-state index in [1.54, 1.807) is 6.21 Å². The zero-order valence-electron chi connectivity index (χ0n) is 7.11. The third-order valence-corrected chi connectivity index (χ3v) is 2.76. The van der Waals surface area contributed by atoms with Gasteiger partial charge in [0, 0.05) is 13.6 Å². The van der Waals surface area contributed by atoms with Gasteiger partial charge in [-0.3, -0.25) is 0 Å². The van der Waals surface area contributed by atoms with Crippen LogP contribution in [-0.4, -0.2) is 12.2 Å². The highest BCUT2D eigenvalue weighted by molar-refractivity contribution is 14.1. The first-order valence-electron chi connectivity index (χ1n) is 3.66. The molecule has 4 N–H and O–H groups in total. The van der Waals surface area contributed by atoms with Crippen molar-refractivity contribution in [3.63, 3.8) is 0 Å². The predicted octanol–water partition coefficient (Wildman–Crippen LogP) is 1.66. The summed E-state index contributed by atoms with van der Waals surface area (Å²) in [5, 5.41) is 7.23. The van der Waals surface area contributed by atoms with Crippen molar-refractivity contribution in [1.29, 1.82) is 0 Å².